The zero-order valence-corrected chi connectivity index (χ0v) is 12.6. The molecule has 0 bridgehead atoms. The SMILES string of the molecule is O=[SH]OC(F)(F)C(F)(F)C(F)(F)C(F)(F)C(F)(F)C(F)(F)C(F)(F)C(F)(F)F. The normalized spacial score (nSPS) is 16.5. The van der Waals surface area contributed by atoms with Crippen molar-refractivity contribution in [2.24, 2.45) is 0 Å². The maximum atomic E-state index is 13.0. The van der Waals surface area contributed by atoms with Crippen molar-refractivity contribution in [2.45, 2.75) is 47.8 Å². The number of hydrogen-bond acceptors (Lipinski definition) is 2. The largest absolute Gasteiger partial charge is 0.460 e. The maximum Gasteiger partial charge on any atom is 0.460 e. The highest BCUT2D eigenvalue weighted by molar-refractivity contribution is 7.60. The monoisotopic (exact) mass is 484 g/mol. The molecule has 0 atom stereocenters. The Morgan fingerprint density at radius 2 is 0.679 bits per heavy atom. The van der Waals surface area contributed by atoms with Crippen molar-refractivity contribution in [3.05, 3.63) is 0 Å². The number of halogens is 17. The molecular formula is C8HF17O2S. The smallest absolute Gasteiger partial charge is 0.233 e. The van der Waals surface area contributed by atoms with Crippen molar-refractivity contribution < 1.29 is 83.0 Å². The summed E-state index contributed by atoms with van der Waals surface area (Å²) in [6.45, 7) is 0. The van der Waals surface area contributed by atoms with Gasteiger partial charge in [-0.1, -0.05) is 0 Å². The first-order valence-electron chi connectivity index (χ1n) is 5.53. The Balaban J connectivity index is 6.67. The van der Waals surface area contributed by atoms with Gasteiger partial charge in [-0.3, -0.25) is 0 Å². The molecule has 2 nitrogen and oxygen atoms in total. The summed E-state index contributed by atoms with van der Waals surface area (Å²) >= 11 is -2.67. The molecule has 0 rings (SSSR count). The van der Waals surface area contributed by atoms with Crippen LogP contribution in [0.25, 0.3) is 0 Å². The number of hydrogen-bond donors (Lipinski definition) is 1. The molecule has 28 heavy (non-hydrogen) atoms. The molecule has 0 saturated carbocycles. The molecule has 0 unspecified atom stereocenters. The summed E-state index contributed by atoms with van der Waals surface area (Å²) in [5.74, 6) is -50.6. The molecule has 0 N–H and O–H groups in total. The molecule has 0 aliphatic carbocycles. The van der Waals surface area contributed by atoms with Crippen molar-refractivity contribution in [3.63, 3.8) is 0 Å². The Kier molecular flexibility index (Phi) is 6.47. The van der Waals surface area contributed by atoms with Crippen molar-refractivity contribution in [1.29, 1.82) is 0 Å². The highest BCUT2D eigenvalue weighted by Crippen LogP contribution is 2.63. The predicted molar refractivity (Wildman–Crippen MR) is 51.3 cm³/mol. The molecule has 0 aromatic heterocycles. The first-order valence-corrected chi connectivity index (χ1v) is 6.26. The molecule has 0 radical (unpaired) electrons. The van der Waals surface area contributed by atoms with E-state index in [0.29, 0.717) is 0 Å². The van der Waals surface area contributed by atoms with Crippen LogP contribution in [0.15, 0.2) is 0 Å². The van der Waals surface area contributed by atoms with Gasteiger partial charge in [0.05, 0.1) is 0 Å². The van der Waals surface area contributed by atoms with Gasteiger partial charge in [0.2, 0.25) is 0 Å². The fourth-order valence-corrected chi connectivity index (χ4v) is 1.46. The van der Waals surface area contributed by atoms with Gasteiger partial charge in [-0.05, 0) is 0 Å². The van der Waals surface area contributed by atoms with Crippen molar-refractivity contribution >= 4 is 11.9 Å². The standard InChI is InChI=1S/C8HF17O2S/c9-1(10,3(13,14)5(17,18)7(21,22)23)2(11,12)4(15,16)6(19,20)8(24,25)27-28-26/h28H. The summed E-state index contributed by atoms with van der Waals surface area (Å²) in [7, 11) is 0. The molecule has 0 aromatic rings. The van der Waals surface area contributed by atoms with Crippen LogP contribution in [0.3, 0.4) is 0 Å². The lowest BCUT2D eigenvalue weighted by atomic mass is 9.91. The lowest BCUT2D eigenvalue weighted by Crippen LogP contribution is -2.74. The minimum absolute atomic E-state index is 2.05. The minimum atomic E-state index is -8.70. The summed E-state index contributed by atoms with van der Waals surface area (Å²) in [5, 5.41) is 0. The van der Waals surface area contributed by atoms with Gasteiger partial charge >= 0.3 is 47.8 Å². The van der Waals surface area contributed by atoms with Gasteiger partial charge in [0, 0.05) is 0 Å². The molecule has 0 aliphatic heterocycles. The molecule has 0 heterocycles. The van der Waals surface area contributed by atoms with Gasteiger partial charge in [-0.2, -0.15) is 74.6 Å². The topological polar surface area (TPSA) is 26.3 Å². The highest BCUT2D eigenvalue weighted by Gasteiger charge is 2.95. The molecule has 0 aromatic carbocycles. The van der Waals surface area contributed by atoms with Crippen LogP contribution >= 0.6 is 0 Å². The Hall–Kier alpha value is -1.08. The number of rotatable bonds is 8. The lowest BCUT2D eigenvalue weighted by Gasteiger charge is -2.42. The lowest BCUT2D eigenvalue weighted by molar-refractivity contribution is -0.471. The first kappa shape index (κ1) is 26.9. The van der Waals surface area contributed by atoms with Crippen molar-refractivity contribution in [1.82, 2.24) is 0 Å². The van der Waals surface area contributed by atoms with Crippen LogP contribution in [-0.2, 0) is 16.1 Å². The van der Waals surface area contributed by atoms with E-state index < -0.39 is 59.8 Å². The second kappa shape index (κ2) is 6.73. The van der Waals surface area contributed by atoms with E-state index in [1.165, 1.54) is 0 Å². The van der Waals surface area contributed by atoms with Crippen LogP contribution in [0.4, 0.5) is 74.6 Å². The van der Waals surface area contributed by atoms with E-state index in [2.05, 4.69) is 4.18 Å². The number of alkyl halides is 17. The zero-order valence-electron chi connectivity index (χ0n) is 11.7. The van der Waals surface area contributed by atoms with Crippen LogP contribution in [-0.4, -0.2) is 52.0 Å². The Morgan fingerprint density at radius 1 is 0.429 bits per heavy atom. The fourth-order valence-electron chi connectivity index (χ4n) is 1.25. The van der Waals surface area contributed by atoms with Crippen LogP contribution in [0.2, 0.25) is 0 Å². The third-order valence-corrected chi connectivity index (χ3v) is 3.15. The Morgan fingerprint density at radius 3 is 0.929 bits per heavy atom. The molecule has 20 heteroatoms. The zero-order chi connectivity index (χ0) is 23.4. The van der Waals surface area contributed by atoms with Crippen LogP contribution in [0, 0.1) is 0 Å². The van der Waals surface area contributed by atoms with Crippen LogP contribution < -0.4 is 0 Å². The third-order valence-electron chi connectivity index (χ3n) is 2.85. The molecule has 0 amide bonds. The second-order valence-corrected chi connectivity index (χ2v) is 4.96. The van der Waals surface area contributed by atoms with Crippen molar-refractivity contribution in [3.8, 4) is 0 Å². The van der Waals surface area contributed by atoms with Crippen LogP contribution in [0.5, 0.6) is 0 Å². The molecular weight excluding hydrogens is 483 g/mol. The fraction of sp³-hybridized carbons (Fsp3) is 1.00. The average molecular weight is 484 g/mol. The molecule has 0 saturated heterocycles. The Labute approximate surface area is 144 Å². The minimum Gasteiger partial charge on any atom is -0.233 e. The summed E-state index contributed by atoms with van der Waals surface area (Å²) in [6, 6.07) is 0. The summed E-state index contributed by atoms with van der Waals surface area (Å²) in [4.78, 5) is 0. The number of thiol groups is 1. The van der Waals surface area contributed by atoms with E-state index in [0.717, 1.165) is 0 Å². The molecule has 170 valence electrons. The van der Waals surface area contributed by atoms with Gasteiger partial charge in [0.25, 0.3) is 0 Å². The van der Waals surface area contributed by atoms with E-state index >= 15 is 0 Å². The molecule has 0 spiro atoms. The van der Waals surface area contributed by atoms with Gasteiger partial charge in [-0.25, -0.2) is 8.39 Å². The quantitative estimate of drug-likeness (QED) is 0.395. The first-order chi connectivity index (χ1) is 11.8. The van der Waals surface area contributed by atoms with E-state index in [4.69, 9.17) is 0 Å². The van der Waals surface area contributed by atoms with Gasteiger partial charge in [-0.15, -0.1) is 0 Å². The summed E-state index contributed by atoms with van der Waals surface area (Å²) < 4.78 is 226. The maximum absolute atomic E-state index is 13.0. The Bertz CT molecular complexity index is 592. The van der Waals surface area contributed by atoms with E-state index in [1.54, 1.807) is 0 Å². The predicted octanol–water partition coefficient (Wildman–Crippen LogP) is 4.83. The second-order valence-electron chi connectivity index (χ2n) is 4.63. The van der Waals surface area contributed by atoms with E-state index in [9.17, 15) is 78.8 Å². The van der Waals surface area contributed by atoms with Crippen LogP contribution in [0.1, 0.15) is 0 Å². The molecule has 0 fully saturated rings. The summed E-state index contributed by atoms with van der Waals surface area (Å²) in [5.41, 5.74) is 0. The van der Waals surface area contributed by atoms with Crippen molar-refractivity contribution in [2.75, 3.05) is 0 Å². The highest BCUT2D eigenvalue weighted by atomic mass is 32.2. The third kappa shape index (κ3) is 3.28. The van der Waals surface area contributed by atoms with E-state index in [1.807, 2.05) is 0 Å². The summed E-state index contributed by atoms with van der Waals surface area (Å²) in [6.07, 6.45) is -14.9. The van der Waals surface area contributed by atoms with Gasteiger partial charge in [0.1, 0.15) is 11.9 Å². The van der Waals surface area contributed by atoms with E-state index in [-0.39, 0.29) is 0 Å². The average Bonchev–Trinajstić information content (AvgIpc) is 2.44. The molecule has 0 aliphatic rings. The van der Waals surface area contributed by atoms with Gasteiger partial charge < -0.3 is 0 Å². The van der Waals surface area contributed by atoms with Gasteiger partial charge in [0.15, 0.2) is 0 Å².